The Morgan fingerprint density at radius 1 is 0.895 bits per heavy atom. The van der Waals surface area contributed by atoms with E-state index in [1.165, 1.54) is 0 Å². The number of aliphatic imine (C=N–C) groups is 1. The maximum Gasteiger partial charge on any atom is 0.326 e. The number of carbonyl (C=O) groups excluding carboxylic acids is 4. The highest BCUT2D eigenvalue weighted by Crippen LogP contribution is 2.07. The van der Waals surface area contributed by atoms with E-state index in [1.54, 1.807) is 38.1 Å². The summed E-state index contributed by atoms with van der Waals surface area (Å²) in [6, 6.07) is 4.08. The van der Waals surface area contributed by atoms with Crippen molar-refractivity contribution in [1.29, 1.82) is 0 Å². The van der Waals surface area contributed by atoms with Gasteiger partial charge < -0.3 is 44.0 Å². The molecule has 1 aromatic rings. The van der Waals surface area contributed by atoms with Gasteiger partial charge in [0.05, 0.1) is 12.5 Å². The molecule has 0 aliphatic rings. The fourth-order valence-electron chi connectivity index (χ4n) is 3.46. The normalized spacial score (nSPS) is 13.9. The van der Waals surface area contributed by atoms with Crippen LogP contribution in [-0.4, -0.2) is 71.4 Å². The number of carboxylic acid groups (broad SMARTS) is 1. The molecule has 0 aliphatic carbocycles. The number of carbonyl (C=O) groups is 5. The molecule has 0 aliphatic heterocycles. The first-order valence-corrected chi connectivity index (χ1v) is 12.1. The molecule has 210 valence electrons. The van der Waals surface area contributed by atoms with Crippen LogP contribution >= 0.6 is 0 Å². The predicted octanol–water partition coefficient (Wildman–Crippen LogP) is -2.32. The SMILES string of the molecule is CC(C)C(NC(=O)C(CCCN=C(N)N)NC(=O)C(CC(N)=O)NC(=O)C(N)Cc1ccccc1)C(=O)O. The molecule has 0 saturated heterocycles. The topological polar surface area (TPSA) is 258 Å². The van der Waals surface area contributed by atoms with Crippen LogP contribution in [-0.2, 0) is 30.4 Å². The van der Waals surface area contributed by atoms with Gasteiger partial charge in [0.1, 0.15) is 18.1 Å². The molecule has 0 bridgehead atoms. The van der Waals surface area contributed by atoms with Gasteiger partial charge in [-0.25, -0.2) is 4.79 Å². The Labute approximate surface area is 221 Å². The number of nitrogens with zero attached hydrogens (tertiary/aromatic N) is 1. The highest BCUT2D eigenvalue weighted by molar-refractivity contribution is 5.96. The Hall–Kier alpha value is -4.20. The van der Waals surface area contributed by atoms with E-state index in [0.29, 0.717) is 0 Å². The van der Waals surface area contributed by atoms with Gasteiger partial charge in [0, 0.05) is 6.54 Å². The molecule has 12 N–H and O–H groups in total. The van der Waals surface area contributed by atoms with Crippen LogP contribution < -0.4 is 38.9 Å². The van der Waals surface area contributed by atoms with Gasteiger partial charge in [-0.05, 0) is 30.7 Å². The summed E-state index contributed by atoms with van der Waals surface area (Å²) in [5.41, 5.74) is 22.7. The van der Waals surface area contributed by atoms with Gasteiger partial charge in [-0.3, -0.25) is 24.2 Å². The second-order valence-corrected chi connectivity index (χ2v) is 9.11. The van der Waals surface area contributed by atoms with Crippen LogP contribution in [0.4, 0.5) is 0 Å². The smallest absolute Gasteiger partial charge is 0.326 e. The van der Waals surface area contributed by atoms with E-state index in [-0.39, 0.29) is 31.8 Å². The maximum atomic E-state index is 13.1. The number of nitrogens with two attached hydrogens (primary N) is 4. The molecule has 0 heterocycles. The predicted molar refractivity (Wildman–Crippen MR) is 140 cm³/mol. The molecule has 0 spiro atoms. The molecular weight excluding hydrogens is 496 g/mol. The molecular formula is C24H38N8O6. The molecule has 0 fully saturated rings. The summed E-state index contributed by atoms with van der Waals surface area (Å²) < 4.78 is 0. The van der Waals surface area contributed by atoms with Crippen molar-refractivity contribution in [2.75, 3.05) is 6.54 Å². The Bertz CT molecular complexity index is 997. The average molecular weight is 535 g/mol. The number of hydrogen-bond acceptors (Lipinski definition) is 7. The molecule has 14 heteroatoms. The van der Waals surface area contributed by atoms with E-state index in [0.717, 1.165) is 5.56 Å². The van der Waals surface area contributed by atoms with Crippen molar-refractivity contribution >= 4 is 35.6 Å². The van der Waals surface area contributed by atoms with E-state index >= 15 is 0 Å². The third kappa shape index (κ3) is 11.7. The summed E-state index contributed by atoms with van der Waals surface area (Å²) in [4.78, 5) is 65.7. The van der Waals surface area contributed by atoms with Crippen molar-refractivity contribution < 1.29 is 29.1 Å². The molecule has 14 nitrogen and oxygen atoms in total. The lowest BCUT2D eigenvalue weighted by molar-refractivity contribution is -0.143. The average Bonchev–Trinajstić information content (AvgIpc) is 2.83. The Morgan fingerprint density at radius 3 is 2.00 bits per heavy atom. The van der Waals surface area contributed by atoms with Gasteiger partial charge in [0.2, 0.25) is 23.6 Å². The number of hydrogen-bond donors (Lipinski definition) is 8. The number of guanidine groups is 1. The summed E-state index contributed by atoms with van der Waals surface area (Å²) in [6.07, 6.45) is -0.0884. The Kier molecular flexibility index (Phi) is 13.2. The van der Waals surface area contributed by atoms with E-state index in [1.807, 2.05) is 6.07 Å². The molecule has 4 unspecified atom stereocenters. The van der Waals surface area contributed by atoms with E-state index in [2.05, 4.69) is 20.9 Å². The highest BCUT2D eigenvalue weighted by atomic mass is 16.4. The third-order valence-electron chi connectivity index (χ3n) is 5.48. The minimum atomic E-state index is -1.42. The number of primary amides is 1. The van der Waals surface area contributed by atoms with Crippen LogP contribution in [0.5, 0.6) is 0 Å². The van der Waals surface area contributed by atoms with E-state index < -0.39 is 66.1 Å². The van der Waals surface area contributed by atoms with Gasteiger partial charge in [-0.1, -0.05) is 44.2 Å². The summed E-state index contributed by atoms with van der Waals surface area (Å²) >= 11 is 0. The minimum absolute atomic E-state index is 0.0313. The third-order valence-corrected chi connectivity index (χ3v) is 5.48. The summed E-state index contributed by atoms with van der Waals surface area (Å²) in [5.74, 6) is -5.06. The van der Waals surface area contributed by atoms with Gasteiger partial charge in [0.25, 0.3) is 0 Å². The number of carboxylic acids is 1. The molecule has 1 rings (SSSR count). The van der Waals surface area contributed by atoms with Gasteiger partial charge in [0.15, 0.2) is 5.96 Å². The molecule has 4 amide bonds. The Morgan fingerprint density at radius 2 is 1.47 bits per heavy atom. The quantitative estimate of drug-likeness (QED) is 0.0642. The summed E-state index contributed by atoms with van der Waals surface area (Å²) in [7, 11) is 0. The second-order valence-electron chi connectivity index (χ2n) is 9.11. The van der Waals surface area contributed by atoms with Crippen molar-refractivity contribution in [3.05, 3.63) is 35.9 Å². The number of nitrogens with one attached hydrogen (secondary N) is 3. The lowest BCUT2D eigenvalue weighted by atomic mass is 10.0. The van der Waals surface area contributed by atoms with Crippen molar-refractivity contribution in [2.45, 2.75) is 63.7 Å². The summed E-state index contributed by atoms with van der Waals surface area (Å²) in [6.45, 7) is 3.37. The molecule has 0 aromatic heterocycles. The van der Waals surface area contributed by atoms with Crippen LogP contribution in [0.1, 0.15) is 38.7 Å². The second kappa shape index (κ2) is 15.8. The number of benzene rings is 1. The van der Waals surface area contributed by atoms with Crippen molar-refractivity contribution in [2.24, 2.45) is 33.8 Å². The van der Waals surface area contributed by atoms with Crippen LogP contribution in [0.15, 0.2) is 35.3 Å². The summed E-state index contributed by atoms with van der Waals surface area (Å²) in [5, 5.41) is 16.7. The highest BCUT2D eigenvalue weighted by Gasteiger charge is 2.31. The Balaban J connectivity index is 3.02. The van der Waals surface area contributed by atoms with Crippen molar-refractivity contribution in [3.63, 3.8) is 0 Å². The van der Waals surface area contributed by atoms with Crippen LogP contribution in [0.3, 0.4) is 0 Å². The zero-order chi connectivity index (χ0) is 28.8. The fraction of sp³-hybridized carbons (Fsp3) is 0.500. The molecule has 0 radical (unpaired) electrons. The first kappa shape index (κ1) is 31.8. The number of aliphatic carboxylic acids is 1. The lowest BCUT2D eigenvalue weighted by Gasteiger charge is -2.25. The zero-order valence-electron chi connectivity index (χ0n) is 21.6. The number of amides is 4. The van der Waals surface area contributed by atoms with Gasteiger partial charge in [-0.2, -0.15) is 0 Å². The minimum Gasteiger partial charge on any atom is -0.480 e. The van der Waals surface area contributed by atoms with E-state index in [9.17, 15) is 29.1 Å². The lowest BCUT2D eigenvalue weighted by Crippen LogP contribution is -2.58. The van der Waals surface area contributed by atoms with Crippen LogP contribution in [0.25, 0.3) is 0 Å². The van der Waals surface area contributed by atoms with Crippen molar-refractivity contribution in [3.8, 4) is 0 Å². The van der Waals surface area contributed by atoms with Crippen LogP contribution in [0.2, 0.25) is 0 Å². The van der Waals surface area contributed by atoms with Crippen molar-refractivity contribution in [1.82, 2.24) is 16.0 Å². The standard InChI is InChI=1S/C24H38N8O6/c1-13(2)19(23(37)38)32-21(35)16(9-6-10-29-24(27)28)30-22(36)17(12-18(26)33)31-20(34)15(25)11-14-7-4-3-5-8-14/h3-5,7-8,13,15-17,19H,6,9-12,25H2,1-2H3,(H2,26,33)(H,30,36)(H,31,34)(H,32,35)(H,37,38)(H4,27,28,29). The van der Waals surface area contributed by atoms with Gasteiger partial charge >= 0.3 is 5.97 Å². The first-order valence-electron chi connectivity index (χ1n) is 12.1. The fourth-order valence-corrected chi connectivity index (χ4v) is 3.46. The van der Waals surface area contributed by atoms with E-state index in [4.69, 9.17) is 22.9 Å². The van der Waals surface area contributed by atoms with Crippen LogP contribution in [0, 0.1) is 5.92 Å². The zero-order valence-corrected chi connectivity index (χ0v) is 21.6. The molecule has 0 saturated carbocycles. The monoisotopic (exact) mass is 534 g/mol. The molecule has 4 atom stereocenters. The number of rotatable bonds is 16. The molecule has 1 aromatic carbocycles. The largest absolute Gasteiger partial charge is 0.480 e. The maximum absolute atomic E-state index is 13.1. The molecule has 38 heavy (non-hydrogen) atoms. The first-order chi connectivity index (χ1) is 17.8. The van der Waals surface area contributed by atoms with Gasteiger partial charge in [-0.15, -0.1) is 0 Å².